The largest absolute Gasteiger partial charge is 0.316 e. The maximum absolute atomic E-state index is 3.51. The minimum atomic E-state index is 0.826. The van der Waals surface area contributed by atoms with Gasteiger partial charge in [0.05, 0.1) is 0 Å². The molecule has 2 rings (SSSR count). The fourth-order valence-corrected chi connectivity index (χ4v) is 2.99. The molecule has 0 aromatic carbocycles. The van der Waals surface area contributed by atoms with Crippen LogP contribution in [-0.4, -0.2) is 36.6 Å². The number of piperidine rings is 1. The Morgan fingerprint density at radius 2 is 1.86 bits per heavy atom. The first-order valence-electron chi connectivity index (χ1n) is 6.24. The Morgan fingerprint density at radius 3 is 2.43 bits per heavy atom. The first kappa shape index (κ1) is 10.4. The van der Waals surface area contributed by atoms with Gasteiger partial charge in [0.15, 0.2) is 0 Å². The number of hydrogen-bond donors (Lipinski definition) is 1. The van der Waals surface area contributed by atoms with Crippen LogP contribution in [0.4, 0.5) is 0 Å². The molecular formula is C12H24N2. The summed E-state index contributed by atoms with van der Waals surface area (Å²) in [5.74, 6) is 0.909. The van der Waals surface area contributed by atoms with Crippen molar-refractivity contribution >= 4 is 0 Å². The zero-order valence-corrected chi connectivity index (χ0v) is 9.63. The molecule has 0 aromatic rings. The Kier molecular flexibility index (Phi) is 3.45. The first-order valence-corrected chi connectivity index (χ1v) is 6.24. The Balaban J connectivity index is 1.82. The lowest BCUT2D eigenvalue weighted by molar-refractivity contribution is 0.165. The molecule has 0 radical (unpaired) electrons. The van der Waals surface area contributed by atoms with Gasteiger partial charge in [-0.3, -0.25) is 4.90 Å². The van der Waals surface area contributed by atoms with Crippen molar-refractivity contribution in [2.24, 2.45) is 5.92 Å². The van der Waals surface area contributed by atoms with Crippen LogP contribution in [0.15, 0.2) is 0 Å². The molecule has 0 bridgehead atoms. The summed E-state index contributed by atoms with van der Waals surface area (Å²) in [5, 5.41) is 3.51. The Hall–Kier alpha value is -0.0800. The van der Waals surface area contributed by atoms with Crippen LogP contribution in [0.25, 0.3) is 0 Å². The highest BCUT2D eigenvalue weighted by molar-refractivity contribution is 4.85. The van der Waals surface area contributed by atoms with Crippen LogP contribution in [0.2, 0.25) is 0 Å². The van der Waals surface area contributed by atoms with Crippen molar-refractivity contribution in [2.75, 3.05) is 19.6 Å². The number of likely N-dealkylation sites (tertiary alicyclic amines) is 1. The van der Waals surface area contributed by atoms with E-state index in [1.807, 2.05) is 0 Å². The number of rotatable bonds is 2. The van der Waals surface area contributed by atoms with Gasteiger partial charge in [0.2, 0.25) is 0 Å². The summed E-state index contributed by atoms with van der Waals surface area (Å²) in [7, 11) is 0. The van der Waals surface area contributed by atoms with Gasteiger partial charge in [-0.25, -0.2) is 0 Å². The summed E-state index contributed by atoms with van der Waals surface area (Å²) in [5.41, 5.74) is 0. The maximum Gasteiger partial charge on any atom is 0.00704 e. The highest BCUT2D eigenvalue weighted by Crippen LogP contribution is 2.25. The lowest BCUT2D eigenvalue weighted by Crippen LogP contribution is -2.42. The van der Waals surface area contributed by atoms with E-state index >= 15 is 0 Å². The molecule has 0 spiro atoms. The van der Waals surface area contributed by atoms with Gasteiger partial charge >= 0.3 is 0 Å². The summed E-state index contributed by atoms with van der Waals surface area (Å²) in [4.78, 5) is 2.72. The molecule has 0 amide bonds. The summed E-state index contributed by atoms with van der Waals surface area (Å²) >= 11 is 0. The molecule has 2 heterocycles. The van der Waals surface area contributed by atoms with Crippen molar-refractivity contribution in [1.82, 2.24) is 10.2 Å². The fraction of sp³-hybridized carbons (Fsp3) is 1.00. The monoisotopic (exact) mass is 196 g/mol. The van der Waals surface area contributed by atoms with Gasteiger partial charge < -0.3 is 5.32 Å². The van der Waals surface area contributed by atoms with E-state index in [4.69, 9.17) is 0 Å². The van der Waals surface area contributed by atoms with Crippen LogP contribution in [-0.2, 0) is 0 Å². The molecule has 82 valence electrons. The zero-order valence-electron chi connectivity index (χ0n) is 9.63. The van der Waals surface area contributed by atoms with E-state index in [0.29, 0.717) is 0 Å². The Morgan fingerprint density at radius 1 is 1.14 bits per heavy atom. The third-order valence-electron chi connectivity index (χ3n) is 4.00. The maximum atomic E-state index is 3.51. The standard InChI is InChI=1S/C12H24N2/c1-10-5-6-11(2)14(10)9-12-4-3-7-13-8-12/h10-13H,3-9H2,1-2H3. The van der Waals surface area contributed by atoms with E-state index in [0.717, 1.165) is 18.0 Å². The third-order valence-corrected chi connectivity index (χ3v) is 4.00. The van der Waals surface area contributed by atoms with E-state index in [9.17, 15) is 0 Å². The van der Waals surface area contributed by atoms with Crippen molar-refractivity contribution in [3.63, 3.8) is 0 Å². The second-order valence-electron chi connectivity index (χ2n) is 5.18. The highest BCUT2D eigenvalue weighted by atomic mass is 15.2. The molecule has 2 aliphatic heterocycles. The smallest absolute Gasteiger partial charge is 0.00704 e. The first-order chi connectivity index (χ1) is 6.77. The average molecular weight is 196 g/mol. The quantitative estimate of drug-likeness (QED) is 0.725. The molecule has 3 unspecified atom stereocenters. The van der Waals surface area contributed by atoms with Crippen molar-refractivity contribution in [2.45, 2.75) is 51.6 Å². The van der Waals surface area contributed by atoms with E-state index < -0.39 is 0 Å². The second-order valence-corrected chi connectivity index (χ2v) is 5.18. The van der Waals surface area contributed by atoms with Gasteiger partial charge in [-0.2, -0.15) is 0 Å². The molecule has 2 saturated heterocycles. The fourth-order valence-electron chi connectivity index (χ4n) is 2.99. The lowest BCUT2D eigenvalue weighted by atomic mass is 9.98. The number of nitrogens with zero attached hydrogens (tertiary/aromatic N) is 1. The van der Waals surface area contributed by atoms with Crippen LogP contribution >= 0.6 is 0 Å². The van der Waals surface area contributed by atoms with Gasteiger partial charge in [0.25, 0.3) is 0 Å². The van der Waals surface area contributed by atoms with Gasteiger partial charge in [-0.1, -0.05) is 0 Å². The molecule has 0 saturated carbocycles. The molecule has 0 aliphatic carbocycles. The molecule has 2 aliphatic rings. The Labute approximate surface area is 88.1 Å². The highest BCUT2D eigenvalue weighted by Gasteiger charge is 2.29. The minimum absolute atomic E-state index is 0.826. The SMILES string of the molecule is CC1CCC(C)N1CC1CCCNC1. The minimum Gasteiger partial charge on any atom is -0.316 e. The van der Waals surface area contributed by atoms with E-state index in [1.54, 1.807) is 0 Å². The van der Waals surface area contributed by atoms with Gasteiger partial charge in [0, 0.05) is 18.6 Å². The Bertz CT molecular complexity index is 165. The zero-order chi connectivity index (χ0) is 9.97. The molecule has 1 N–H and O–H groups in total. The summed E-state index contributed by atoms with van der Waals surface area (Å²) in [6, 6.07) is 1.65. The van der Waals surface area contributed by atoms with E-state index in [1.165, 1.54) is 45.3 Å². The molecule has 14 heavy (non-hydrogen) atoms. The molecular weight excluding hydrogens is 172 g/mol. The molecule has 2 nitrogen and oxygen atoms in total. The van der Waals surface area contributed by atoms with Crippen molar-refractivity contribution in [3.8, 4) is 0 Å². The predicted octanol–water partition coefficient (Wildman–Crippen LogP) is 1.86. The van der Waals surface area contributed by atoms with Gasteiger partial charge in [-0.15, -0.1) is 0 Å². The number of hydrogen-bond acceptors (Lipinski definition) is 2. The molecule has 0 aromatic heterocycles. The van der Waals surface area contributed by atoms with Crippen LogP contribution in [0, 0.1) is 5.92 Å². The van der Waals surface area contributed by atoms with Crippen molar-refractivity contribution < 1.29 is 0 Å². The molecule has 3 atom stereocenters. The summed E-state index contributed by atoms with van der Waals surface area (Å²) in [6.45, 7) is 8.59. The van der Waals surface area contributed by atoms with E-state index in [2.05, 4.69) is 24.1 Å². The summed E-state index contributed by atoms with van der Waals surface area (Å²) < 4.78 is 0. The summed E-state index contributed by atoms with van der Waals surface area (Å²) in [6.07, 6.45) is 5.62. The third kappa shape index (κ3) is 2.29. The van der Waals surface area contributed by atoms with E-state index in [-0.39, 0.29) is 0 Å². The normalized spacial score (nSPS) is 40.3. The van der Waals surface area contributed by atoms with Crippen LogP contribution in [0.5, 0.6) is 0 Å². The number of nitrogens with one attached hydrogen (secondary N) is 1. The predicted molar refractivity (Wildman–Crippen MR) is 60.5 cm³/mol. The lowest BCUT2D eigenvalue weighted by Gasteiger charge is -2.32. The average Bonchev–Trinajstić information content (AvgIpc) is 2.51. The second kappa shape index (κ2) is 4.63. The molecule has 2 heteroatoms. The van der Waals surface area contributed by atoms with Crippen LogP contribution in [0.1, 0.15) is 39.5 Å². The van der Waals surface area contributed by atoms with Gasteiger partial charge in [-0.05, 0) is 58.5 Å². The van der Waals surface area contributed by atoms with Crippen molar-refractivity contribution in [3.05, 3.63) is 0 Å². The topological polar surface area (TPSA) is 15.3 Å². The van der Waals surface area contributed by atoms with Crippen molar-refractivity contribution in [1.29, 1.82) is 0 Å². The molecule has 2 fully saturated rings. The van der Waals surface area contributed by atoms with Crippen LogP contribution < -0.4 is 5.32 Å². The van der Waals surface area contributed by atoms with Crippen LogP contribution in [0.3, 0.4) is 0 Å². The van der Waals surface area contributed by atoms with Gasteiger partial charge in [0.1, 0.15) is 0 Å².